The molecule has 0 spiro atoms. The molecule has 3 fully saturated rings. The molecule has 0 radical (unpaired) electrons. The first kappa shape index (κ1) is 28.8. The van der Waals surface area contributed by atoms with Crippen molar-refractivity contribution in [1.82, 2.24) is 0 Å². The van der Waals surface area contributed by atoms with Crippen LogP contribution in [0.4, 0.5) is 0 Å². The lowest BCUT2D eigenvalue weighted by atomic mass is 9.45. The fraction of sp³-hybridized carbons (Fsp3) is 0.655. The highest BCUT2D eigenvalue weighted by Crippen LogP contribution is 2.62. The Morgan fingerprint density at radius 3 is 2.43 bits per heavy atom. The second kappa shape index (κ2) is 10.6. The number of aliphatic hydroxyl groups excluding tert-OH is 1. The molecule has 0 aromatic heterocycles. The van der Waals surface area contributed by atoms with Crippen molar-refractivity contribution in [2.45, 2.75) is 85.5 Å². The summed E-state index contributed by atoms with van der Waals surface area (Å²) in [5.41, 5.74) is -0.850. The summed E-state index contributed by atoms with van der Waals surface area (Å²) in [4.78, 5) is 50.9. The van der Waals surface area contributed by atoms with Crippen LogP contribution in [-0.4, -0.2) is 53.7 Å². The van der Waals surface area contributed by atoms with Crippen molar-refractivity contribution < 1.29 is 38.5 Å². The minimum Gasteiger partial charge on any atom is -0.465 e. The van der Waals surface area contributed by atoms with Crippen molar-refractivity contribution in [3.8, 4) is 0 Å². The van der Waals surface area contributed by atoms with E-state index in [0.29, 0.717) is 24.0 Å². The standard InChI is InChI=1S/C29H40O8/c1-9-16(4)27(34)37-21(19-12-22(30)35-14-19)13-28(7)18(6)23(31)25(32)29(8)17(5)10-11-20(24(28)29)36-26(33)15(2)3/h9,15,19-21,24-25,32H,5-6,10-14H2,1-4,7-8H3/b16-9+/t19-,20-,21-,24-,25+,28+,29+/m1/s1. The fourth-order valence-corrected chi connectivity index (χ4v) is 6.20. The number of allylic oxidation sites excluding steroid dienone is 1. The fourth-order valence-electron chi connectivity index (χ4n) is 6.20. The average Bonchev–Trinajstić information content (AvgIpc) is 3.29. The number of ether oxygens (including phenoxy) is 3. The predicted molar refractivity (Wildman–Crippen MR) is 136 cm³/mol. The van der Waals surface area contributed by atoms with Crippen LogP contribution < -0.4 is 0 Å². The van der Waals surface area contributed by atoms with Gasteiger partial charge in [0, 0.05) is 28.2 Å². The summed E-state index contributed by atoms with van der Waals surface area (Å²) < 4.78 is 17.1. The van der Waals surface area contributed by atoms with Gasteiger partial charge in [0.05, 0.1) is 18.9 Å². The molecule has 8 nitrogen and oxygen atoms in total. The van der Waals surface area contributed by atoms with Crippen molar-refractivity contribution in [3.05, 3.63) is 36.0 Å². The van der Waals surface area contributed by atoms with Gasteiger partial charge in [0.15, 0.2) is 5.78 Å². The van der Waals surface area contributed by atoms with Gasteiger partial charge in [-0.15, -0.1) is 0 Å². The molecule has 2 saturated carbocycles. The van der Waals surface area contributed by atoms with E-state index in [4.69, 9.17) is 14.2 Å². The van der Waals surface area contributed by atoms with Crippen LogP contribution in [0.25, 0.3) is 0 Å². The second-order valence-corrected chi connectivity index (χ2v) is 11.5. The van der Waals surface area contributed by atoms with Gasteiger partial charge in [-0.1, -0.05) is 52.5 Å². The number of hydrogen-bond acceptors (Lipinski definition) is 8. The lowest BCUT2D eigenvalue weighted by molar-refractivity contribution is -0.181. The largest absolute Gasteiger partial charge is 0.465 e. The maximum atomic E-state index is 13.4. The summed E-state index contributed by atoms with van der Waals surface area (Å²) in [5, 5.41) is 11.2. The van der Waals surface area contributed by atoms with Gasteiger partial charge in [0.1, 0.15) is 18.3 Å². The highest BCUT2D eigenvalue weighted by Gasteiger charge is 2.65. The zero-order valence-corrected chi connectivity index (χ0v) is 22.8. The lowest BCUT2D eigenvalue weighted by Crippen LogP contribution is -2.64. The van der Waals surface area contributed by atoms with Crippen LogP contribution in [0.1, 0.15) is 67.2 Å². The monoisotopic (exact) mass is 516 g/mol. The van der Waals surface area contributed by atoms with Gasteiger partial charge in [0.25, 0.3) is 0 Å². The summed E-state index contributed by atoms with van der Waals surface area (Å²) in [6.45, 7) is 18.9. The molecule has 0 aromatic carbocycles. The summed E-state index contributed by atoms with van der Waals surface area (Å²) in [6, 6.07) is 0. The summed E-state index contributed by atoms with van der Waals surface area (Å²) >= 11 is 0. The van der Waals surface area contributed by atoms with Crippen molar-refractivity contribution in [2.24, 2.45) is 28.6 Å². The average molecular weight is 517 g/mol. The van der Waals surface area contributed by atoms with Gasteiger partial charge in [-0.05, 0) is 38.7 Å². The number of Topliss-reactive ketones (excluding diaryl/α,β-unsaturated/α-hetero) is 1. The molecule has 0 unspecified atom stereocenters. The lowest BCUT2D eigenvalue weighted by Gasteiger charge is -2.60. The van der Waals surface area contributed by atoms with Gasteiger partial charge in [0.2, 0.25) is 0 Å². The van der Waals surface area contributed by atoms with E-state index in [9.17, 15) is 24.3 Å². The van der Waals surface area contributed by atoms with E-state index in [0.717, 1.165) is 0 Å². The zero-order valence-electron chi connectivity index (χ0n) is 22.8. The Kier molecular flexibility index (Phi) is 8.22. The number of fused-ring (bicyclic) bond motifs is 1. The van der Waals surface area contributed by atoms with Crippen LogP contribution in [-0.2, 0) is 33.4 Å². The SMILES string of the molecule is C=C1CC[C@@H](OC(=O)C(C)C)[C@H]2[C@@]1(C)[C@@H](O)C(=O)C(=C)[C@]2(C)C[C@@H](OC(=O)/C(C)=C/C)[C@H]1COC(=O)C1. The molecule has 1 heterocycles. The molecule has 37 heavy (non-hydrogen) atoms. The van der Waals surface area contributed by atoms with Crippen LogP contribution in [0.15, 0.2) is 36.0 Å². The molecule has 0 amide bonds. The van der Waals surface area contributed by atoms with Crippen molar-refractivity contribution in [2.75, 3.05) is 6.61 Å². The molecule has 0 aromatic rings. The number of cyclic esters (lactones) is 1. The smallest absolute Gasteiger partial charge is 0.333 e. The van der Waals surface area contributed by atoms with Crippen LogP contribution in [0.5, 0.6) is 0 Å². The molecular weight excluding hydrogens is 476 g/mol. The summed E-state index contributed by atoms with van der Waals surface area (Å²) in [5.74, 6) is -3.13. The van der Waals surface area contributed by atoms with Gasteiger partial charge in [-0.25, -0.2) is 4.79 Å². The molecule has 1 aliphatic heterocycles. The minimum atomic E-state index is -1.39. The number of rotatable bonds is 7. The first-order valence-corrected chi connectivity index (χ1v) is 13.0. The van der Waals surface area contributed by atoms with E-state index in [1.165, 1.54) is 0 Å². The van der Waals surface area contributed by atoms with Gasteiger partial charge < -0.3 is 19.3 Å². The Morgan fingerprint density at radius 1 is 1.24 bits per heavy atom. The number of carbonyl (C=O) groups excluding carboxylic acids is 4. The van der Waals surface area contributed by atoms with E-state index >= 15 is 0 Å². The van der Waals surface area contributed by atoms with Crippen LogP contribution >= 0.6 is 0 Å². The van der Waals surface area contributed by atoms with Gasteiger partial charge in [-0.3, -0.25) is 14.4 Å². The number of esters is 3. The molecule has 2 aliphatic carbocycles. The van der Waals surface area contributed by atoms with Crippen molar-refractivity contribution >= 4 is 23.7 Å². The Morgan fingerprint density at radius 2 is 1.89 bits per heavy atom. The normalized spacial score (nSPS) is 35.2. The molecule has 0 bridgehead atoms. The number of aliphatic hydroxyl groups is 1. The molecule has 7 atom stereocenters. The van der Waals surface area contributed by atoms with E-state index in [-0.39, 0.29) is 42.9 Å². The molecule has 1 saturated heterocycles. The van der Waals surface area contributed by atoms with Crippen molar-refractivity contribution in [3.63, 3.8) is 0 Å². The van der Waals surface area contributed by atoms with E-state index < -0.39 is 52.7 Å². The Balaban J connectivity index is 2.11. The number of hydrogen-bond donors (Lipinski definition) is 1. The molecule has 3 aliphatic rings. The number of carbonyl (C=O) groups is 4. The minimum absolute atomic E-state index is 0.0758. The Labute approximate surface area is 219 Å². The van der Waals surface area contributed by atoms with Crippen LogP contribution in [0.3, 0.4) is 0 Å². The predicted octanol–water partition coefficient (Wildman–Crippen LogP) is 3.86. The van der Waals surface area contributed by atoms with Gasteiger partial charge >= 0.3 is 17.9 Å². The third-order valence-corrected chi connectivity index (χ3v) is 8.79. The Bertz CT molecular complexity index is 1040. The third-order valence-electron chi connectivity index (χ3n) is 8.79. The molecule has 1 N–H and O–H groups in total. The zero-order chi connectivity index (χ0) is 27.9. The van der Waals surface area contributed by atoms with Crippen molar-refractivity contribution in [1.29, 1.82) is 0 Å². The maximum Gasteiger partial charge on any atom is 0.333 e. The maximum absolute atomic E-state index is 13.4. The van der Waals surface area contributed by atoms with E-state index in [1.54, 1.807) is 40.7 Å². The topological polar surface area (TPSA) is 116 Å². The highest BCUT2D eigenvalue weighted by molar-refractivity contribution is 6.01. The first-order chi connectivity index (χ1) is 17.2. The summed E-state index contributed by atoms with van der Waals surface area (Å²) in [7, 11) is 0. The van der Waals surface area contributed by atoms with Crippen LogP contribution in [0, 0.1) is 28.6 Å². The van der Waals surface area contributed by atoms with E-state index in [1.807, 2.05) is 6.92 Å². The number of ketones is 1. The van der Waals surface area contributed by atoms with E-state index in [2.05, 4.69) is 13.2 Å². The quantitative estimate of drug-likeness (QED) is 0.235. The first-order valence-electron chi connectivity index (χ1n) is 13.0. The van der Waals surface area contributed by atoms with Gasteiger partial charge in [-0.2, -0.15) is 0 Å². The molecule has 3 rings (SSSR count). The molecule has 8 heteroatoms. The summed E-state index contributed by atoms with van der Waals surface area (Å²) in [6.07, 6.45) is 0.0249. The highest BCUT2D eigenvalue weighted by atomic mass is 16.6. The van der Waals surface area contributed by atoms with Crippen LogP contribution in [0.2, 0.25) is 0 Å². The second-order valence-electron chi connectivity index (χ2n) is 11.5. The Hall–Kier alpha value is -2.74. The molecular formula is C29H40O8. The third kappa shape index (κ3) is 5.05. The molecule has 204 valence electrons.